The molecule has 0 fully saturated rings. The molecule has 23 heavy (non-hydrogen) atoms. The molecule has 0 saturated carbocycles. The van der Waals surface area contributed by atoms with Crippen molar-refractivity contribution in [1.29, 1.82) is 0 Å². The highest BCUT2D eigenvalue weighted by Gasteiger charge is 2.17. The van der Waals surface area contributed by atoms with E-state index in [0.717, 1.165) is 27.1 Å². The molecular weight excluding hydrogens is 308 g/mol. The monoisotopic (exact) mass is 326 g/mol. The number of aliphatic hydroxyl groups is 1. The second-order valence-electron chi connectivity index (χ2n) is 5.12. The second-order valence-corrected chi connectivity index (χ2v) is 6.16. The number of benzene rings is 2. The van der Waals surface area contributed by atoms with Crippen LogP contribution in [0.1, 0.15) is 17.4 Å². The molecule has 3 rings (SSSR count). The third-order valence-electron chi connectivity index (χ3n) is 3.65. The Balaban J connectivity index is 1.82. The topological polar surface area (TPSA) is 47.3 Å². The highest BCUT2D eigenvalue weighted by atomic mass is 32.2. The van der Waals surface area contributed by atoms with Gasteiger partial charge in [0.1, 0.15) is 11.9 Å². The predicted octanol–water partition coefficient (Wildman–Crippen LogP) is 3.66. The minimum absolute atomic E-state index is 0.719. The summed E-state index contributed by atoms with van der Waals surface area (Å²) >= 11 is 1.57. The van der Waals surface area contributed by atoms with Gasteiger partial charge in [0.05, 0.1) is 19.0 Å². The third kappa shape index (κ3) is 3.41. The Kier molecular flexibility index (Phi) is 4.69. The Labute approximate surface area is 139 Å². The van der Waals surface area contributed by atoms with Gasteiger partial charge in [-0.15, -0.1) is 0 Å². The van der Waals surface area contributed by atoms with Gasteiger partial charge in [0.15, 0.2) is 5.16 Å². The van der Waals surface area contributed by atoms with Crippen molar-refractivity contribution in [3.63, 3.8) is 0 Å². The molecule has 4 nitrogen and oxygen atoms in total. The smallest absolute Gasteiger partial charge is 0.172 e. The van der Waals surface area contributed by atoms with Gasteiger partial charge in [0.25, 0.3) is 0 Å². The molecule has 0 amide bonds. The van der Waals surface area contributed by atoms with Crippen LogP contribution in [-0.4, -0.2) is 21.8 Å². The summed E-state index contributed by atoms with van der Waals surface area (Å²) in [5.41, 5.74) is 1.57. The number of hydrogen-bond donors (Lipinski definition) is 1. The van der Waals surface area contributed by atoms with Crippen molar-refractivity contribution < 1.29 is 9.84 Å². The molecule has 0 aliphatic heterocycles. The van der Waals surface area contributed by atoms with Crippen molar-refractivity contribution in [3.05, 3.63) is 72.1 Å². The van der Waals surface area contributed by atoms with Gasteiger partial charge in [-0.1, -0.05) is 42.1 Å². The van der Waals surface area contributed by atoms with E-state index < -0.39 is 6.10 Å². The van der Waals surface area contributed by atoms with Gasteiger partial charge in [-0.05, 0) is 29.8 Å². The maximum Gasteiger partial charge on any atom is 0.172 e. The molecule has 0 saturated heterocycles. The molecule has 1 atom stereocenters. The number of methoxy groups -OCH3 is 1. The number of rotatable bonds is 5. The number of nitrogens with zero attached hydrogens (tertiary/aromatic N) is 2. The molecule has 1 aromatic heterocycles. The molecule has 2 aromatic carbocycles. The zero-order valence-corrected chi connectivity index (χ0v) is 13.8. The van der Waals surface area contributed by atoms with Crippen molar-refractivity contribution >= 4 is 11.8 Å². The van der Waals surface area contributed by atoms with Crippen LogP contribution in [0.3, 0.4) is 0 Å². The lowest BCUT2D eigenvalue weighted by Gasteiger charge is -2.13. The Morgan fingerprint density at radius 3 is 2.43 bits per heavy atom. The fraction of sp³-hybridized carbons (Fsp3) is 0.167. The number of ether oxygens (including phenoxy) is 1. The van der Waals surface area contributed by atoms with Crippen LogP contribution >= 0.6 is 11.8 Å². The zero-order valence-electron chi connectivity index (χ0n) is 13.0. The van der Waals surface area contributed by atoms with Crippen LogP contribution in [0, 0.1) is 0 Å². The summed E-state index contributed by atoms with van der Waals surface area (Å²) in [5, 5.41) is 11.5. The van der Waals surface area contributed by atoms with Gasteiger partial charge in [0, 0.05) is 11.9 Å². The van der Waals surface area contributed by atoms with Crippen LogP contribution in [0.4, 0.5) is 0 Å². The van der Waals surface area contributed by atoms with Gasteiger partial charge in [0.2, 0.25) is 0 Å². The van der Waals surface area contributed by atoms with Crippen molar-refractivity contribution in [3.8, 4) is 5.75 Å². The van der Waals surface area contributed by atoms with Crippen molar-refractivity contribution in [2.45, 2.75) is 16.2 Å². The molecule has 0 spiro atoms. The number of aliphatic hydroxyl groups excluding tert-OH is 1. The van der Waals surface area contributed by atoms with Gasteiger partial charge in [-0.3, -0.25) is 0 Å². The Hall–Kier alpha value is -2.24. The first-order valence-electron chi connectivity index (χ1n) is 7.25. The molecule has 1 unspecified atom stereocenters. The van der Waals surface area contributed by atoms with Crippen molar-refractivity contribution in [2.24, 2.45) is 7.05 Å². The molecule has 5 heteroatoms. The van der Waals surface area contributed by atoms with Gasteiger partial charge < -0.3 is 14.4 Å². The van der Waals surface area contributed by atoms with Gasteiger partial charge in [-0.2, -0.15) is 0 Å². The average molecular weight is 326 g/mol. The summed E-state index contributed by atoms with van der Waals surface area (Å²) in [6.45, 7) is 0. The summed E-state index contributed by atoms with van der Waals surface area (Å²) in [6.07, 6.45) is 1.00. The lowest BCUT2D eigenvalue weighted by atomic mass is 10.1. The summed E-state index contributed by atoms with van der Waals surface area (Å²) in [4.78, 5) is 5.55. The van der Waals surface area contributed by atoms with Crippen LogP contribution < -0.4 is 4.74 Å². The first kappa shape index (κ1) is 15.6. The van der Waals surface area contributed by atoms with E-state index in [0.29, 0.717) is 0 Å². The minimum atomic E-state index is -0.719. The first-order chi connectivity index (χ1) is 11.2. The quantitative estimate of drug-likeness (QED) is 0.777. The van der Waals surface area contributed by atoms with E-state index in [9.17, 15) is 5.11 Å². The Bertz CT molecular complexity index is 769. The molecule has 0 aliphatic carbocycles. The molecule has 3 aromatic rings. The van der Waals surface area contributed by atoms with E-state index in [4.69, 9.17) is 4.74 Å². The molecule has 0 aliphatic rings. The van der Waals surface area contributed by atoms with Gasteiger partial charge >= 0.3 is 0 Å². The van der Waals surface area contributed by atoms with Crippen LogP contribution in [0.5, 0.6) is 5.75 Å². The molecule has 0 radical (unpaired) electrons. The van der Waals surface area contributed by atoms with Crippen LogP contribution in [0.25, 0.3) is 0 Å². The SMILES string of the molecule is COc1ccc(C(O)c2cnc(Sc3ccccc3)n2C)cc1. The van der Waals surface area contributed by atoms with E-state index in [1.54, 1.807) is 25.1 Å². The maximum absolute atomic E-state index is 10.6. The van der Waals surface area contributed by atoms with E-state index in [1.807, 2.05) is 66.2 Å². The summed E-state index contributed by atoms with van der Waals surface area (Å²) in [5.74, 6) is 0.770. The van der Waals surface area contributed by atoms with Crippen LogP contribution in [0.2, 0.25) is 0 Å². The Morgan fingerprint density at radius 2 is 1.78 bits per heavy atom. The van der Waals surface area contributed by atoms with Crippen molar-refractivity contribution in [2.75, 3.05) is 7.11 Å². The second kappa shape index (κ2) is 6.89. The van der Waals surface area contributed by atoms with E-state index in [1.165, 1.54) is 0 Å². The van der Waals surface area contributed by atoms with Crippen LogP contribution in [-0.2, 0) is 7.05 Å². The van der Waals surface area contributed by atoms with Crippen molar-refractivity contribution in [1.82, 2.24) is 9.55 Å². The van der Waals surface area contributed by atoms with Gasteiger partial charge in [-0.25, -0.2) is 4.98 Å². The molecule has 1 heterocycles. The third-order valence-corrected chi connectivity index (χ3v) is 4.72. The molecule has 1 N–H and O–H groups in total. The lowest BCUT2D eigenvalue weighted by molar-refractivity contribution is 0.210. The predicted molar refractivity (Wildman–Crippen MR) is 90.8 cm³/mol. The summed E-state index contributed by atoms with van der Waals surface area (Å²) in [6, 6.07) is 17.5. The fourth-order valence-electron chi connectivity index (χ4n) is 2.30. The molecule has 0 bridgehead atoms. The summed E-state index contributed by atoms with van der Waals surface area (Å²) < 4.78 is 7.07. The first-order valence-corrected chi connectivity index (χ1v) is 8.07. The summed E-state index contributed by atoms with van der Waals surface area (Å²) in [7, 11) is 3.54. The maximum atomic E-state index is 10.6. The standard InChI is InChI=1S/C18H18N2O2S/c1-20-16(17(21)13-8-10-14(22-2)11-9-13)12-19-18(20)23-15-6-4-3-5-7-15/h3-12,17,21H,1-2H3. The van der Waals surface area contributed by atoms with E-state index >= 15 is 0 Å². The van der Waals surface area contributed by atoms with E-state index in [-0.39, 0.29) is 0 Å². The number of aromatic nitrogens is 2. The normalized spacial score (nSPS) is 12.1. The zero-order chi connectivity index (χ0) is 16.2. The largest absolute Gasteiger partial charge is 0.497 e. The molecular formula is C18H18N2O2S. The Morgan fingerprint density at radius 1 is 1.09 bits per heavy atom. The van der Waals surface area contributed by atoms with Crippen LogP contribution in [0.15, 0.2) is 70.8 Å². The lowest BCUT2D eigenvalue weighted by Crippen LogP contribution is -2.06. The minimum Gasteiger partial charge on any atom is -0.497 e. The fourth-order valence-corrected chi connectivity index (χ4v) is 3.16. The highest BCUT2D eigenvalue weighted by Crippen LogP contribution is 2.30. The number of hydrogen-bond acceptors (Lipinski definition) is 4. The molecule has 118 valence electrons. The average Bonchev–Trinajstić information content (AvgIpc) is 2.96. The van der Waals surface area contributed by atoms with E-state index in [2.05, 4.69) is 4.98 Å². The number of imidazole rings is 1. The highest BCUT2D eigenvalue weighted by molar-refractivity contribution is 7.99.